The standard InChI is InChI=1S/C23H18ClF3N2O/c1-13-10-21(28-17-6-3-15(25)4-7-17)18-12-16(26)5-9-22(18)29(13)23(30)14-2-8-20(27)19(24)11-14/h2-9,11-13,21,28H,10H2,1H3/t13-,21+/m1/s1. The Balaban J connectivity index is 1.71. The van der Waals surface area contributed by atoms with E-state index in [1.54, 1.807) is 23.1 Å². The van der Waals surface area contributed by atoms with Gasteiger partial charge in [0.05, 0.1) is 11.1 Å². The zero-order chi connectivity index (χ0) is 21.4. The summed E-state index contributed by atoms with van der Waals surface area (Å²) in [6.07, 6.45) is 0.495. The first-order chi connectivity index (χ1) is 14.3. The quantitative estimate of drug-likeness (QED) is 0.525. The Morgan fingerprint density at radius 3 is 2.40 bits per heavy atom. The average molecular weight is 431 g/mol. The first-order valence-corrected chi connectivity index (χ1v) is 9.81. The van der Waals surface area contributed by atoms with Crippen molar-refractivity contribution in [3.8, 4) is 0 Å². The number of carbonyl (C=O) groups is 1. The molecule has 3 nitrogen and oxygen atoms in total. The summed E-state index contributed by atoms with van der Waals surface area (Å²) >= 11 is 5.85. The van der Waals surface area contributed by atoms with Gasteiger partial charge in [0.15, 0.2) is 0 Å². The predicted molar refractivity (Wildman–Crippen MR) is 111 cm³/mol. The summed E-state index contributed by atoms with van der Waals surface area (Å²) in [4.78, 5) is 14.8. The summed E-state index contributed by atoms with van der Waals surface area (Å²) < 4.78 is 40.8. The third kappa shape index (κ3) is 3.87. The zero-order valence-corrected chi connectivity index (χ0v) is 16.8. The van der Waals surface area contributed by atoms with Crippen molar-refractivity contribution in [2.45, 2.75) is 25.4 Å². The molecule has 0 aromatic heterocycles. The van der Waals surface area contributed by atoms with Gasteiger partial charge >= 0.3 is 0 Å². The van der Waals surface area contributed by atoms with Gasteiger partial charge in [-0.2, -0.15) is 0 Å². The molecule has 1 N–H and O–H groups in total. The van der Waals surface area contributed by atoms with E-state index in [4.69, 9.17) is 11.6 Å². The van der Waals surface area contributed by atoms with E-state index in [1.165, 1.54) is 36.4 Å². The van der Waals surface area contributed by atoms with Gasteiger partial charge in [0.2, 0.25) is 0 Å². The Bertz CT molecular complexity index is 1100. The van der Waals surface area contributed by atoms with E-state index < -0.39 is 11.6 Å². The maximum Gasteiger partial charge on any atom is 0.258 e. The summed E-state index contributed by atoms with van der Waals surface area (Å²) in [6.45, 7) is 1.88. The molecule has 0 fully saturated rings. The van der Waals surface area contributed by atoms with Crippen LogP contribution in [0, 0.1) is 17.5 Å². The first-order valence-electron chi connectivity index (χ1n) is 9.43. The van der Waals surface area contributed by atoms with E-state index in [0.29, 0.717) is 23.4 Å². The molecule has 0 radical (unpaired) electrons. The SMILES string of the molecule is C[C@@H]1C[C@H](Nc2ccc(F)cc2)c2cc(F)ccc2N1C(=O)c1ccc(F)c(Cl)c1. The molecule has 0 spiro atoms. The van der Waals surface area contributed by atoms with Crippen molar-refractivity contribution in [3.63, 3.8) is 0 Å². The molecule has 2 atom stereocenters. The number of hydrogen-bond acceptors (Lipinski definition) is 2. The van der Waals surface area contributed by atoms with Gasteiger partial charge in [-0.25, -0.2) is 13.2 Å². The highest BCUT2D eigenvalue weighted by Gasteiger charge is 2.34. The van der Waals surface area contributed by atoms with Crippen LogP contribution in [-0.2, 0) is 0 Å². The largest absolute Gasteiger partial charge is 0.378 e. The molecular weight excluding hydrogens is 413 g/mol. The molecule has 3 aromatic carbocycles. The minimum atomic E-state index is -0.606. The van der Waals surface area contributed by atoms with Crippen molar-refractivity contribution in [2.24, 2.45) is 0 Å². The van der Waals surface area contributed by atoms with E-state index in [9.17, 15) is 18.0 Å². The Labute approximate surface area is 177 Å². The van der Waals surface area contributed by atoms with Gasteiger partial charge in [-0.15, -0.1) is 0 Å². The summed E-state index contributed by atoms with van der Waals surface area (Å²) in [5, 5.41) is 3.16. The maximum absolute atomic E-state index is 14.1. The lowest BCUT2D eigenvalue weighted by molar-refractivity contribution is 0.0974. The second kappa shape index (κ2) is 8.03. The third-order valence-corrected chi connectivity index (χ3v) is 5.50. The van der Waals surface area contributed by atoms with Gasteiger partial charge in [0.25, 0.3) is 5.91 Å². The third-order valence-electron chi connectivity index (χ3n) is 5.21. The number of carbonyl (C=O) groups excluding carboxylic acids is 1. The highest BCUT2D eigenvalue weighted by molar-refractivity contribution is 6.31. The number of amides is 1. The van der Waals surface area contributed by atoms with E-state index in [2.05, 4.69) is 5.32 Å². The fourth-order valence-electron chi connectivity index (χ4n) is 3.80. The number of nitrogens with one attached hydrogen (secondary N) is 1. The molecular formula is C23H18ClF3N2O. The monoisotopic (exact) mass is 430 g/mol. The van der Waals surface area contributed by atoms with Gasteiger partial charge in [-0.3, -0.25) is 4.79 Å². The van der Waals surface area contributed by atoms with Crippen molar-refractivity contribution >= 4 is 28.9 Å². The summed E-state index contributed by atoms with van der Waals surface area (Å²) in [7, 11) is 0. The Morgan fingerprint density at radius 2 is 1.70 bits per heavy atom. The molecule has 1 aliphatic rings. The smallest absolute Gasteiger partial charge is 0.258 e. The maximum atomic E-state index is 14.1. The summed E-state index contributed by atoms with van der Waals surface area (Å²) in [5.41, 5.74) is 2.10. The molecule has 1 amide bonds. The van der Waals surface area contributed by atoms with E-state index >= 15 is 0 Å². The highest BCUT2D eigenvalue weighted by Crippen LogP contribution is 2.40. The number of nitrogens with zero attached hydrogens (tertiary/aromatic N) is 1. The predicted octanol–water partition coefficient (Wildman–Crippen LogP) is 6.35. The number of benzene rings is 3. The van der Waals surface area contributed by atoms with Crippen molar-refractivity contribution in [3.05, 3.63) is 94.3 Å². The lowest BCUT2D eigenvalue weighted by atomic mass is 9.90. The second-order valence-corrected chi connectivity index (χ2v) is 7.70. The van der Waals surface area contributed by atoms with Crippen LogP contribution >= 0.6 is 11.6 Å². The van der Waals surface area contributed by atoms with E-state index in [-0.39, 0.29) is 34.4 Å². The van der Waals surface area contributed by atoms with Crippen molar-refractivity contribution < 1.29 is 18.0 Å². The van der Waals surface area contributed by atoms with Crippen LogP contribution in [0.5, 0.6) is 0 Å². The van der Waals surface area contributed by atoms with Crippen LogP contribution in [0.25, 0.3) is 0 Å². The molecule has 4 rings (SSSR count). The topological polar surface area (TPSA) is 32.3 Å². The van der Waals surface area contributed by atoms with Crippen LogP contribution in [0.15, 0.2) is 60.7 Å². The molecule has 7 heteroatoms. The fourth-order valence-corrected chi connectivity index (χ4v) is 3.98. The van der Waals surface area contributed by atoms with Gasteiger partial charge in [0.1, 0.15) is 17.5 Å². The molecule has 0 saturated carbocycles. The molecule has 0 unspecified atom stereocenters. The molecule has 1 heterocycles. The Morgan fingerprint density at radius 1 is 1.00 bits per heavy atom. The van der Waals surface area contributed by atoms with Crippen molar-refractivity contribution in [1.82, 2.24) is 0 Å². The summed E-state index contributed by atoms with van der Waals surface area (Å²) in [6, 6.07) is 13.4. The van der Waals surface area contributed by atoms with E-state index in [1.807, 2.05) is 6.92 Å². The van der Waals surface area contributed by atoms with Crippen molar-refractivity contribution in [1.29, 1.82) is 0 Å². The van der Waals surface area contributed by atoms with Crippen LogP contribution < -0.4 is 10.2 Å². The van der Waals surface area contributed by atoms with Gasteiger partial charge in [-0.05, 0) is 74.0 Å². The summed E-state index contributed by atoms with van der Waals surface area (Å²) in [5.74, 6) is -1.73. The molecule has 0 bridgehead atoms. The number of fused-ring (bicyclic) bond motifs is 1. The van der Waals surface area contributed by atoms with Crippen LogP contribution in [0.4, 0.5) is 24.5 Å². The van der Waals surface area contributed by atoms with E-state index in [0.717, 1.165) is 6.07 Å². The van der Waals surface area contributed by atoms with Crippen molar-refractivity contribution in [2.75, 3.05) is 10.2 Å². The average Bonchev–Trinajstić information content (AvgIpc) is 2.72. The zero-order valence-electron chi connectivity index (χ0n) is 16.0. The lowest BCUT2D eigenvalue weighted by Gasteiger charge is -2.40. The number of hydrogen-bond donors (Lipinski definition) is 1. The molecule has 0 saturated heterocycles. The minimum absolute atomic E-state index is 0.138. The molecule has 1 aliphatic heterocycles. The first kappa shape index (κ1) is 20.3. The Hall–Kier alpha value is -2.99. The number of halogens is 4. The molecule has 0 aliphatic carbocycles. The van der Waals surface area contributed by atoms with Crippen LogP contribution in [0.3, 0.4) is 0 Å². The van der Waals surface area contributed by atoms with Crippen LogP contribution in [-0.4, -0.2) is 11.9 Å². The fraction of sp³-hybridized carbons (Fsp3) is 0.174. The van der Waals surface area contributed by atoms with Crippen LogP contribution in [0.2, 0.25) is 5.02 Å². The highest BCUT2D eigenvalue weighted by atomic mass is 35.5. The van der Waals surface area contributed by atoms with Crippen LogP contribution in [0.1, 0.15) is 35.3 Å². The van der Waals surface area contributed by atoms with Gasteiger partial charge in [0, 0.05) is 28.5 Å². The Kier molecular flexibility index (Phi) is 5.43. The lowest BCUT2D eigenvalue weighted by Crippen LogP contribution is -2.44. The van der Waals surface area contributed by atoms with Gasteiger partial charge in [-0.1, -0.05) is 11.6 Å². The molecule has 154 valence electrons. The van der Waals surface area contributed by atoms with Gasteiger partial charge < -0.3 is 10.2 Å². The minimum Gasteiger partial charge on any atom is -0.378 e. The second-order valence-electron chi connectivity index (χ2n) is 7.30. The number of rotatable bonds is 3. The number of anilines is 2. The molecule has 3 aromatic rings. The molecule has 30 heavy (non-hydrogen) atoms. The normalized spacial score (nSPS) is 18.1.